The number of anilines is 1. The second-order valence-electron chi connectivity index (χ2n) is 4.25. The standard InChI is InChI=1S/C11H13BrF3N3/c12-7-4-9(11(13,14)15)10(17-6-7)18-3-1-2-8(18)5-16/h4,6,8H,1-3,5,16H2. The highest BCUT2D eigenvalue weighted by Gasteiger charge is 2.38. The maximum absolute atomic E-state index is 13.0. The fourth-order valence-electron chi connectivity index (χ4n) is 2.23. The molecule has 1 aromatic heterocycles. The molecule has 3 nitrogen and oxygen atoms in total. The predicted octanol–water partition coefficient (Wildman–Crippen LogP) is 2.79. The van der Waals surface area contributed by atoms with E-state index in [0.717, 1.165) is 18.9 Å². The summed E-state index contributed by atoms with van der Waals surface area (Å²) in [6.07, 6.45) is -1.37. The maximum atomic E-state index is 13.0. The fourth-order valence-corrected chi connectivity index (χ4v) is 2.56. The second kappa shape index (κ2) is 5.05. The average molecular weight is 324 g/mol. The predicted molar refractivity (Wildman–Crippen MR) is 66.4 cm³/mol. The molecule has 0 aliphatic carbocycles. The zero-order valence-corrected chi connectivity index (χ0v) is 11.1. The minimum atomic E-state index is -4.41. The van der Waals surface area contributed by atoms with Gasteiger partial charge in [-0.2, -0.15) is 13.2 Å². The van der Waals surface area contributed by atoms with Crippen molar-refractivity contribution in [3.63, 3.8) is 0 Å². The van der Waals surface area contributed by atoms with Crippen LogP contribution in [0.2, 0.25) is 0 Å². The Balaban J connectivity index is 2.44. The summed E-state index contributed by atoms with van der Waals surface area (Å²) in [6.45, 7) is 0.911. The molecule has 2 heterocycles. The second-order valence-corrected chi connectivity index (χ2v) is 5.16. The molecule has 0 amide bonds. The number of hydrogen-bond donors (Lipinski definition) is 1. The third kappa shape index (κ3) is 2.61. The quantitative estimate of drug-likeness (QED) is 0.910. The number of nitrogens with two attached hydrogens (primary N) is 1. The Hall–Kier alpha value is -0.820. The molecule has 7 heteroatoms. The van der Waals surface area contributed by atoms with Crippen LogP contribution >= 0.6 is 15.9 Å². The summed E-state index contributed by atoms with van der Waals surface area (Å²) in [5, 5.41) is 0. The first-order valence-electron chi connectivity index (χ1n) is 5.63. The third-order valence-corrected chi connectivity index (χ3v) is 3.49. The summed E-state index contributed by atoms with van der Waals surface area (Å²) in [4.78, 5) is 5.59. The topological polar surface area (TPSA) is 42.1 Å². The number of hydrogen-bond acceptors (Lipinski definition) is 3. The van der Waals surface area contributed by atoms with Gasteiger partial charge in [0.1, 0.15) is 5.82 Å². The van der Waals surface area contributed by atoms with E-state index in [9.17, 15) is 13.2 Å². The molecule has 0 saturated carbocycles. The summed E-state index contributed by atoms with van der Waals surface area (Å²) < 4.78 is 39.3. The van der Waals surface area contributed by atoms with E-state index in [1.54, 1.807) is 4.90 Å². The zero-order chi connectivity index (χ0) is 13.3. The van der Waals surface area contributed by atoms with Gasteiger partial charge in [-0.05, 0) is 34.8 Å². The lowest BCUT2D eigenvalue weighted by molar-refractivity contribution is -0.137. The monoisotopic (exact) mass is 323 g/mol. The van der Waals surface area contributed by atoms with Crippen molar-refractivity contribution in [2.24, 2.45) is 5.73 Å². The number of nitrogens with zero attached hydrogens (tertiary/aromatic N) is 2. The number of halogens is 4. The van der Waals surface area contributed by atoms with Gasteiger partial charge in [-0.3, -0.25) is 0 Å². The first kappa shape index (κ1) is 13.6. The van der Waals surface area contributed by atoms with E-state index in [1.165, 1.54) is 6.20 Å². The Kier molecular flexibility index (Phi) is 3.82. The van der Waals surface area contributed by atoms with Gasteiger partial charge in [-0.15, -0.1) is 0 Å². The lowest BCUT2D eigenvalue weighted by Crippen LogP contribution is -2.37. The molecule has 2 rings (SSSR count). The number of rotatable bonds is 2. The number of pyridine rings is 1. The van der Waals surface area contributed by atoms with Crippen LogP contribution in [0.4, 0.5) is 19.0 Å². The van der Waals surface area contributed by atoms with Crippen LogP contribution < -0.4 is 10.6 Å². The molecule has 1 aromatic rings. The van der Waals surface area contributed by atoms with E-state index in [0.29, 0.717) is 17.6 Å². The smallest absolute Gasteiger partial charge is 0.352 e. The van der Waals surface area contributed by atoms with Crippen molar-refractivity contribution in [3.05, 3.63) is 22.3 Å². The van der Waals surface area contributed by atoms with Gasteiger partial charge in [0.2, 0.25) is 0 Å². The zero-order valence-electron chi connectivity index (χ0n) is 9.54. The van der Waals surface area contributed by atoms with E-state index in [2.05, 4.69) is 20.9 Å². The molecule has 1 unspecified atom stereocenters. The van der Waals surface area contributed by atoms with Crippen molar-refractivity contribution in [3.8, 4) is 0 Å². The highest BCUT2D eigenvalue weighted by molar-refractivity contribution is 9.10. The minimum absolute atomic E-state index is 0.0151. The van der Waals surface area contributed by atoms with Gasteiger partial charge in [0.25, 0.3) is 0 Å². The molecular formula is C11H13BrF3N3. The average Bonchev–Trinajstić information content (AvgIpc) is 2.75. The Morgan fingerprint density at radius 3 is 2.83 bits per heavy atom. The summed E-state index contributed by atoms with van der Waals surface area (Å²) in [6, 6.07) is 1.01. The minimum Gasteiger partial charge on any atom is -0.352 e. The van der Waals surface area contributed by atoms with E-state index in [-0.39, 0.29) is 11.9 Å². The van der Waals surface area contributed by atoms with E-state index in [4.69, 9.17) is 5.73 Å². The molecule has 100 valence electrons. The van der Waals surface area contributed by atoms with Crippen LogP contribution in [0.15, 0.2) is 16.7 Å². The lowest BCUT2D eigenvalue weighted by atomic mass is 10.2. The van der Waals surface area contributed by atoms with Crippen LogP contribution in [0, 0.1) is 0 Å². The van der Waals surface area contributed by atoms with Crippen molar-refractivity contribution in [2.45, 2.75) is 25.1 Å². The number of alkyl halides is 3. The highest BCUT2D eigenvalue weighted by atomic mass is 79.9. The molecule has 1 atom stereocenters. The summed E-state index contributed by atoms with van der Waals surface area (Å²) in [5.74, 6) is -0.0151. The van der Waals surface area contributed by atoms with Crippen LogP contribution in [-0.2, 0) is 6.18 Å². The molecule has 0 spiro atoms. The highest BCUT2D eigenvalue weighted by Crippen LogP contribution is 2.38. The van der Waals surface area contributed by atoms with Gasteiger partial charge in [-0.25, -0.2) is 4.98 Å². The van der Waals surface area contributed by atoms with Crippen LogP contribution in [0.1, 0.15) is 18.4 Å². The molecule has 0 bridgehead atoms. The molecular weight excluding hydrogens is 311 g/mol. The molecule has 0 radical (unpaired) electrons. The fraction of sp³-hybridized carbons (Fsp3) is 0.545. The summed E-state index contributed by atoms with van der Waals surface area (Å²) in [5.41, 5.74) is 4.88. The van der Waals surface area contributed by atoms with E-state index in [1.807, 2.05) is 0 Å². The van der Waals surface area contributed by atoms with Crippen LogP contribution in [-0.4, -0.2) is 24.1 Å². The van der Waals surface area contributed by atoms with Gasteiger partial charge < -0.3 is 10.6 Å². The first-order valence-corrected chi connectivity index (χ1v) is 6.42. The largest absolute Gasteiger partial charge is 0.419 e. The van der Waals surface area contributed by atoms with Crippen LogP contribution in [0.5, 0.6) is 0 Å². The summed E-state index contributed by atoms with van der Waals surface area (Å²) in [7, 11) is 0. The maximum Gasteiger partial charge on any atom is 0.419 e. The molecule has 1 aliphatic rings. The Labute approximate surface area is 111 Å². The van der Waals surface area contributed by atoms with Crippen LogP contribution in [0.25, 0.3) is 0 Å². The molecule has 0 aromatic carbocycles. The molecule has 1 aliphatic heterocycles. The molecule has 2 N–H and O–H groups in total. The lowest BCUT2D eigenvalue weighted by Gasteiger charge is -2.27. The van der Waals surface area contributed by atoms with Gasteiger partial charge in [0, 0.05) is 29.8 Å². The van der Waals surface area contributed by atoms with Crippen LogP contribution in [0.3, 0.4) is 0 Å². The molecule has 1 saturated heterocycles. The van der Waals surface area contributed by atoms with Gasteiger partial charge >= 0.3 is 6.18 Å². The van der Waals surface area contributed by atoms with Gasteiger partial charge in [0.15, 0.2) is 0 Å². The Bertz CT molecular complexity index is 436. The van der Waals surface area contributed by atoms with E-state index >= 15 is 0 Å². The normalized spacial score (nSPS) is 20.5. The molecule has 18 heavy (non-hydrogen) atoms. The van der Waals surface area contributed by atoms with Crippen molar-refractivity contribution < 1.29 is 13.2 Å². The van der Waals surface area contributed by atoms with Crippen molar-refractivity contribution in [1.82, 2.24) is 4.98 Å². The Morgan fingerprint density at radius 1 is 1.50 bits per heavy atom. The number of aromatic nitrogens is 1. The first-order chi connectivity index (χ1) is 8.43. The van der Waals surface area contributed by atoms with Crippen molar-refractivity contribution in [1.29, 1.82) is 0 Å². The van der Waals surface area contributed by atoms with Gasteiger partial charge in [-0.1, -0.05) is 0 Å². The van der Waals surface area contributed by atoms with Gasteiger partial charge in [0.05, 0.1) is 5.56 Å². The summed E-state index contributed by atoms with van der Waals surface area (Å²) >= 11 is 3.02. The van der Waals surface area contributed by atoms with Crippen molar-refractivity contribution >= 4 is 21.7 Å². The SMILES string of the molecule is NCC1CCCN1c1ncc(Br)cc1C(F)(F)F. The van der Waals surface area contributed by atoms with E-state index < -0.39 is 11.7 Å². The molecule has 1 fully saturated rings. The van der Waals surface area contributed by atoms with Crippen molar-refractivity contribution in [2.75, 3.05) is 18.0 Å². The third-order valence-electron chi connectivity index (χ3n) is 3.06. The Morgan fingerprint density at radius 2 is 2.22 bits per heavy atom.